The van der Waals surface area contributed by atoms with E-state index in [4.69, 9.17) is 4.74 Å². The summed E-state index contributed by atoms with van der Waals surface area (Å²) in [6.07, 6.45) is 6.69. The van der Waals surface area contributed by atoms with Crippen LogP contribution in [0.1, 0.15) is 32.3 Å². The molecule has 3 rings (SSSR count). The quantitative estimate of drug-likeness (QED) is 0.871. The Balaban J connectivity index is 1.78. The molecule has 3 heteroatoms. The van der Waals surface area contributed by atoms with E-state index in [1.807, 2.05) is 12.4 Å². The van der Waals surface area contributed by atoms with Crippen molar-refractivity contribution in [1.82, 2.24) is 4.98 Å². The zero-order valence-electron chi connectivity index (χ0n) is 11.4. The Bertz CT molecular complexity index is 444. The number of pyridine rings is 1. The van der Waals surface area contributed by atoms with Crippen molar-refractivity contribution < 1.29 is 4.74 Å². The van der Waals surface area contributed by atoms with Gasteiger partial charge in [0, 0.05) is 30.2 Å². The molecule has 1 aliphatic carbocycles. The summed E-state index contributed by atoms with van der Waals surface area (Å²) in [5.41, 5.74) is 2.65. The molecule has 0 radical (unpaired) electrons. The molecule has 1 saturated carbocycles. The van der Waals surface area contributed by atoms with Crippen LogP contribution in [0.15, 0.2) is 18.5 Å². The lowest BCUT2D eigenvalue weighted by Gasteiger charge is -2.60. The molecule has 2 aliphatic rings. The molecule has 2 fully saturated rings. The summed E-state index contributed by atoms with van der Waals surface area (Å²) in [5.74, 6) is 0.661. The summed E-state index contributed by atoms with van der Waals surface area (Å²) in [6, 6.07) is 2.56. The maximum absolute atomic E-state index is 5.93. The number of aryl methyl sites for hydroxylation is 1. The number of nitrogens with one attached hydrogen (secondary N) is 1. The molecule has 0 spiro atoms. The lowest BCUT2D eigenvalue weighted by molar-refractivity contribution is -0.177. The number of hydrogen-bond donors (Lipinski definition) is 1. The van der Waals surface area contributed by atoms with E-state index in [1.54, 1.807) is 0 Å². The Morgan fingerprint density at radius 3 is 3.06 bits per heavy atom. The Kier molecular flexibility index (Phi) is 2.81. The summed E-state index contributed by atoms with van der Waals surface area (Å²) in [5, 5.41) is 3.69. The van der Waals surface area contributed by atoms with E-state index in [-0.39, 0.29) is 5.41 Å². The Labute approximate surface area is 109 Å². The fourth-order valence-electron chi connectivity index (χ4n) is 3.60. The number of aromatic nitrogens is 1. The van der Waals surface area contributed by atoms with Gasteiger partial charge in [-0.3, -0.25) is 4.98 Å². The second-order valence-corrected chi connectivity index (χ2v) is 6.23. The van der Waals surface area contributed by atoms with Crippen LogP contribution < -0.4 is 5.32 Å². The lowest BCUT2D eigenvalue weighted by atomic mass is 9.55. The van der Waals surface area contributed by atoms with Gasteiger partial charge < -0.3 is 10.1 Å². The molecule has 3 nitrogen and oxygen atoms in total. The van der Waals surface area contributed by atoms with E-state index in [0.717, 1.165) is 6.61 Å². The molecule has 1 aromatic heterocycles. The fraction of sp³-hybridized carbons (Fsp3) is 0.667. The first kappa shape index (κ1) is 12.0. The number of anilines is 1. The first-order valence-electron chi connectivity index (χ1n) is 6.89. The highest BCUT2D eigenvalue weighted by atomic mass is 16.5. The van der Waals surface area contributed by atoms with Crippen LogP contribution in [-0.2, 0) is 4.74 Å². The summed E-state index contributed by atoms with van der Waals surface area (Å²) in [6.45, 7) is 7.68. The number of ether oxygens (including phenoxy) is 1. The van der Waals surface area contributed by atoms with Gasteiger partial charge in [0.15, 0.2) is 0 Å². The maximum Gasteiger partial charge on any atom is 0.0693 e. The summed E-state index contributed by atoms with van der Waals surface area (Å²) in [4.78, 5) is 4.22. The maximum atomic E-state index is 5.93. The lowest BCUT2D eigenvalue weighted by Crippen LogP contribution is -2.67. The number of hydrogen-bond acceptors (Lipinski definition) is 3. The Hall–Kier alpha value is -1.09. The molecule has 0 amide bonds. The second kappa shape index (κ2) is 4.23. The first-order valence-corrected chi connectivity index (χ1v) is 6.89. The molecule has 3 unspecified atom stereocenters. The predicted molar refractivity (Wildman–Crippen MR) is 72.6 cm³/mol. The van der Waals surface area contributed by atoms with E-state index in [0.29, 0.717) is 18.1 Å². The third kappa shape index (κ3) is 1.72. The van der Waals surface area contributed by atoms with E-state index >= 15 is 0 Å². The van der Waals surface area contributed by atoms with Crippen molar-refractivity contribution in [2.75, 3.05) is 11.9 Å². The van der Waals surface area contributed by atoms with E-state index < -0.39 is 0 Å². The van der Waals surface area contributed by atoms with Crippen LogP contribution >= 0.6 is 0 Å². The van der Waals surface area contributed by atoms with Gasteiger partial charge in [0.25, 0.3) is 0 Å². The van der Waals surface area contributed by atoms with Gasteiger partial charge >= 0.3 is 0 Å². The van der Waals surface area contributed by atoms with Crippen LogP contribution in [0, 0.1) is 18.3 Å². The second-order valence-electron chi connectivity index (χ2n) is 6.23. The predicted octanol–water partition coefficient (Wildman–Crippen LogP) is 3.01. The minimum atomic E-state index is 0.216. The van der Waals surface area contributed by atoms with Gasteiger partial charge in [-0.1, -0.05) is 13.8 Å². The van der Waals surface area contributed by atoms with Crippen molar-refractivity contribution in [3.63, 3.8) is 0 Å². The molecule has 3 atom stereocenters. The number of fused-ring (bicyclic) bond motifs is 1. The van der Waals surface area contributed by atoms with E-state index in [2.05, 4.69) is 37.1 Å². The third-order valence-electron chi connectivity index (χ3n) is 4.68. The number of rotatable bonds is 2. The molecular formula is C15H22N2O. The summed E-state index contributed by atoms with van der Waals surface area (Å²) < 4.78 is 5.93. The molecule has 2 heterocycles. The minimum absolute atomic E-state index is 0.216. The highest BCUT2D eigenvalue weighted by Crippen LogP contribution is 2.52. The number of nitrogens with zero attached hydrogens (tertiary/aromatic N) is 1. The average molecular weight is 246 g/mol. The summed E-state index contributed by atoms with van der Waals surface area (Å²) >= 11 is 0. The molecule has 0 bridgehead atoms. The standard InChI is InChI=1S/C15H22N2O/c1-10-6-7-16-9-12(10)17-13-11-5-4-8-18-14(11)15(13,2)3/h6-7,9,11,13-14,17H,4-5,8H2,1-3H3. The van der Waals surface area contributed by atoms with Gasteiger partial charge in [-0.15, -0.1) is 0 Å². The van der Waals surface area contributed by atoms with Crippen molar-refractivity contribution >= 4 is 5.69 Å². The van der Waals surface area contributed by atoms with Gasteiger partial charge in [-0.25, -0.2) is 0 Å². The zero-order chi connectivity index (χ0) is 12.8. The van der Waals surface area contributed by atoms with Gasteiger partial charge in [0.1, 0.15) is 0 Å². The van der Waals surface area contributed by atoms with Crippen molar-refractivity contribution in [3.8, 4) is 0 Å². The SMILES string of the molecule is Cc1ccncc1NC1C2CCCOC2C1(C)C. The van der Waals surface area contributed by atoms with Crippen molar-refractivity contribution in [3.05, 3.63) is 24.0 Å². The smallest absolute Gasteiger partial charge is 0.0693 e. The molecule has 1 aliphatic heterocycles. The molecule has 18 heavy (non-hydrogen) atoms. The molecule has 1 aromatic rings. The minimum Gasteiger partial charge on any atom is -0.380 e. The monoisotopic (exact) mass is 246 g/mol. The van der Waals surface area contributed by atoms with Crippen LogP contribution in [-0.4, -0.2) is 23.7 Å². The zero-order valence-corrected chi connectivity index (χ0v) is 11.4. The Morgan fingerprint density at radius 2 is 2.28 bits per heavy atom. The van der Waals surface area contributed by atoms with Crippen LogP contribution in [0.25, 0.3) is 0 Å². The molecule has 1 N–H and O–H groups in total. The fourth-order valence-corrected chi connectivity index (χ4v) is 3.60. The highest BCUT2D eigenvalue weighted by Gasteiger charge is 2.57. The molecule has 1 saturated heterocycles. The molecular weight excluding hydrogens is 224 g/mol. The average Bonchev–Trinajstić information content (AvgIpc) is 2.38. The largest absolute Gasteiger partial charge is 0.380 e. The normalized spacial score (nSPS) is 33.4. The van der Waals surface area contributed by atoms with E-state index in [9.17, 15) is 0 Å². The third-order valence-corrected chi connectivity index (χ3v) is 4.68. The van der Waals surface area contributed by atoms with Crippen molar-refractivity contribution in [1.29, 1.82) is 0 Å². The van der Waals surface area contributed by atoms with E-state index in [1.165, 1.54) is 24.1 Å². The Morgan fingerprint density at radius 1 is 1.44 bits per heavy atom. The highest BCUT2D eigenvalue weighted by molar-refractivity contribution is 5.50. The van der Waals surface area contributed by atoms with Gasteiger partial charge in [0.05, 0.1) is 18.0 Å². The molecule has 98 valence electrons. The van der Waals surface area contributed by atoms with Crippen LogP contribution in [0.3, 0.4) is 0 Å². The summed E-state index contributed by atoms with van der Waals surface area (Å²) in [7, 11) is 0. The van der Waals surface area contributed by atoms with Crippen LogP contribution in [0.2, 0.25) is 0 Å². The van der Waals surface area contributed by atoms with Gasteiger partial charge in [-0.05, 0) is 31.4 Å². The van der Waals surface area contributed by atoms with Crippen LogP contribution in [0.5, 0.6) is 0 Å². The van der Waals surface area contributed by atoms with Gasteiger partial charge in [-0.2, -0.15) is 0 Å². The van der Waals surface area contributed by atoms with Gasteiger partial charge in [0.2, 0.25) is 0 Å². The first-order chi connectivity index (χ1) is 8.60. The topological polar surface area (TPSA) is 34.2 Å². The van der Waals surface area contributed by atoms with Crippen molar-refractivity contribution in [2.45, 2.75) is 45.8 Å². The van der Waals surface area contributed by atoms with Crippen molar-refractivity contribution in [2.24, 2.45) is 11.3 Å². The molecule has 0 aromatic carbocycles. The van der Waals surface area contributed by atoms with Crippen LogP contribution in [0.4, 0.5) is 5.69 Å².